The van der Waals surface area contributed by atoms with Gasteiger partial charge in [-0.15, -0.1) is 0 Å². The van der Waals surface area contributed by atoms with Gasteiger partial charge in [-0.05, 0) is 11.1 Å². The van der Waals surface area contributed by atoms with Crippen LogP contribution in [0, 0.1) is 0 Å². The fourth-order valence-electron chi connectivity index (χ4n) is 2.46. The average Bonchev–Trinajstić information content (AvgIpc) is 2.88. The second kappa shape index (κ2) is 5.14. The van der Waals surface area contributed by atoms with Gasteiger partial charge in [-0.3, -0.25) is 4.90 Å². The normalized spacial score (nSPS) is 14.8. The number of carbonyl (C=O) groups is 1. The van der Waals surface area contributed by atoms with Crippen LogP contribution in [0.5, 0.6) is 0 Å². The minimum absolute atomic E-state index is 0.0719. The predicted octanol–water partition coefficient (Wildman–Crippen LogP) is 3.23. The van der Waals surface area contributed by atoms with Crippen LogP contribution in [0.25, 0.3) is 0 Å². The van der Waals surface area contributed by atoms with Gasteiger partial charge in [-0.25, -0.2) is 4.79 Å². The van der Waals surface area contributed by atoms with Crippen molar-refractivity contribution in [2.45, 2.75) is 6.04 Å². The highest BCUT2D eigenvalue weighted by Crippen LogP contribution is 2.30. The molecule has 0 unspecified atom stereocenters. The number of ether oxygens (including phenoxy) is 1. The van der Waals surface area contributed by atoms with Crippen LogP contribution in [0.4, 0.5) is 4.79 Å². The molecule has 2 aromatic rings. The number of amides is 1. The highest BCUT2D eigenvalue weighted by atomic mass is 16.6. The number of rotatable bonds is 3. The van der Waals surface area contributed by atoms with E-state index in [4.69, 9.17) is 4.74 Å². The van der Waals surface area contributed by atoms with Crippen molar-refractivity contribution in [1.82, 2.24) is 4.90 Å². The molecule has 3 rings (SSSR count). The summed E-state index contributed by atoms with van der Waals surface area (Å²) in [5.74, 6) is 0. The summed E-state index contributed by atoms with van der Waals surface area (Å²) in [5.41, 5.74) is 2.21. The van der Waals surface area contributed by atoms with Crippen LogP contribution in [0.2, 0.25) is 0 Å². The molecule has 1 heterocycles. The minimum Gasteiger partial charge on any atom is -0.448 e. The van der Waals surface area contributed by atoms with Crippen LogP contribution >= 0.6 is 0 Å². The van der Waals surface area contributed by atoms with Gasteiger partial charge in [0.25, 0.3) is 0 Å². The maximum atomic E-state index is 11.9. The van der Waals surface area contributed by atoms with E-state index in [-0.39, 0.29) is 12.1 Å². The summed E-state index contributed by atoms with van der Waals surface area (Å²) in [6.45, 7) is 1.10. The molecule has 0 bridgehead atoms. The number of nitrogens with zero attached hydrogens (tertiary/aromatic N) is 1. The third-order valence-electron chi connectivity index (χ3n) is 3.33. The Bertz CT molecular complexity index is 514. The zero-order chi connectivity index (χ0) is 13.1. The quantitative estimate of drug-likeness (QED) is 0.840. The fourth-order valence-corrected chi connectivity index (χ4v) is 2.46. The van der Waals surface area contributed by atoms with Crippen molar-refractivity contribution in [1.29, 1.82) is 0 Å². The summed E-state index contributed by atoms with van der Waals surface area (Å²) >= 11 is 0. The Labute approximate surface area is 112 Å². The molecule has 1 fully saturated rings. The largest absolute Gasteiger partial charge is 0.448 e. The molecule has 0 radical (unpaired) electrons. The monoisotopic (exact) mass is 253 g/mol. The van der Waals surface area contributed by atoms with Crippen molar-refractivity contribution in [2.24, 2.45) is 0 Å². The number of cyclic esters (lactones) is 1. The van der Waals surface area contributed by atoms with Gasteiger partial charge in [-0.2, -0.15) is 0 Å². The zero-order valence-electron chi connectivity index (χ0n) is 10.5. The molecule has 0 saturated carbocycles. The molecule has 0 atom stereocenters. The van der Waals surface area contributed by atoms with Crippen molar-refractivity contribution < 1.29 is 9.53 Å². The van der Waals surface area contributed by atoms with E-state index < -0.39 is 0 Å². The van der Waals surface area contributed by atoms with Crippen LogP contribution < -0.4 is 0 Å². The third kappa shape index (κ3) is 2.32. The van der Waals surface area contributed by atoms with Gasteiger partial charge in [0.1, 0.15) is 6.61 Å². The molecular formula is C16H15NO2. The Morgan fingerprint density at radius 2 is 1.42 bits per heavy atom. The van der Waals surface area contributed by atoms with Crippen LogP contribution in [-0.2, 0) is 4.74 Å². The van der Waals surface area contributed by atoms with Crippen LogP contribution in [-0.4, -0.2) is 24.1 Å². The van der Waals surface area contributed by atoms with Crippen molar-refractivity contribution in [3.05, 3.63) is 71.8 Å². The lowest BCUT2D eigenvalue weighted by atomic mass is 9.97. The van der Waals surface area contributed by atoms with Gasteiger partial charge in [0.15, 0.2) is 0 Å². The van der Waals surface area contributed by atoms with Crippen LogP contribution in [0.3, 0.4) is 0 Å². The summed E-state index contributed by atoms with van der Waals surface area (Å²) in [5, 5.41) is 0. The number of benzene rings is 2. The first kappa shape index (κ1) is 11.8. The van der Waals surface area contributed by atoms with E-state index in [1.807, 2.05) is 60.7 Å². The maximum Gasteiger partial charge on any atom is 0.410 e. The Balaban J connectivity index is 2.03. The molecule has 1 aliphatic heterocycles. The molecular weight excluding hydrogens is 238 g/mol. The van der Waals surface area contributed by atoms with Gasteiger partial charge < -0.3 is 4.74 Å². The second-order valence-electron chi connectivity index (χ2n) is 4.53. The molecule has 3 nitrogen and oxygen atoms in total. The predicted molar refractivity (Wildman–Crippen MR) is 72.8 cm³/mol. The molecule has 2 aromatic carbocycles. The van der Waals surface area contributed by atoms with Crippen molar-refractivity contribution in [3.8, 4) is 0 Å². The molecule has 0 aliphatic carbocycles. The van der Waals surface area contributed by atoms with Gasteiger partial charge in [0.05, 0.1) is 12.6 Å². The Kier molecular flexibility index (Phi) is 3.19. The summed E-state index contributed by atoms with van der Waals surface area (Å²) in [7, 11) is 0. The van der Waals surface area contributed by atoms with E-state index in [9.17, 15) is 4.79 Å². The Morgan fingerprint density at radius 3 is 1.84 bits per heavy atom. The van der Waals surface area contributed by atoms with Crippen LogP contribution in [0.15, 0.2) is 60.7 Å². The Hall–Kier alpha value is -2.29. The SMILES string of the molecule is O=C1OCCN1C(c1ccccc1)c1ccccc1. The molecule has 19 heavy (non-hydrogen) atoms. The molecule has 0 N–H and O–H groups in total. The minimum atomic E-state index is -0.238. The van der Waals surface area contributed by atoms with Crippen molar-refractivity contribution in [3.63, 3.8) is 0 Å². The molecule has 1 amide bonds. The van der Waals surface area contributed by atoms with Gasteiger partial charge in [0, 0.05) is 0 Å². The lowest BCUT2D eigenvalue weighted by molar-refractivity contribution is 0.152. The maximum absolute atomic E-state index is 11.9. The summed E-state index contributed by atoms with van der Waals surface area (Å²) in [6, 6.07) is 20.0. The van der Waals surface area contributed by atoms with Gasteiger partial charge in [-0.1, -0.05) is 60.7 Å². The molecule has 3 heteroatoms. The summed E-state index contributed by atoms with van der Waals surface area (Å²) < 4.78 is 5.08. The van der Waals surface area contributed by atoms with E-state index >= 15 is 0 Å². The number of hydrogen-bond donors (Lipinski definition) is 0. The third-order valence-corrected chi connectivity index (χ3v) is 3.33. The van der Waals surface area contributed by atoms with E-state index in [1.165, 1.54) is 0 Å². The Morgan fingerprint density at radius 1 is 0.895 bits per heavy atom. The highest BCUT2D eigenvalue weighted by molar-refractivity contribution is 5.70. The van der Waals surface area contributed by atoms with E-state index in [0.29, 0.717) is 13.2 Å². The zero-order valence-corrected chi connectivity index (χ0v) is 10.5. The average molecular weight is 253 g/mol. The van der Waals surface area contributed by atoms with Crippen molar-refractivity contribution >= 4 is 6.09 Å². The lowest BCUT2D eigenvalue weighted by Gasteiger charge is -2.26. The van der Waals surface area contributed by atoms with Crippen molar-refractivity contribution in [2.75, 3.05) is 13.2 Å². The standard InChI is InChI=1S/C16H15NO2/c18-16-17(11-12-19-16)15(13-7-3-1-4-8-13)14-9-5-2-6-10-14/h1-10,15H,11-12H2. The first-order chi connectivity index (χ1) is 9.36. The molecule has 96 valence electrons. The smallest absolute Gasteiger partial charge is 0.410 e. The summed E-state index contributed by atoms with van der Waals surface area (Å²) in [4.78, 5) is 13.6. The van der Waals surface area contributed by atoms with E-state index in [2.05, 4.69) is 0 Å². The van der Waals surface area contributed by atoms with Gasteiger partial charge in [0.2, 0.25) is 0 Å². The first-order valence-corrected chi connectivity index (χ1v) is 6.39. The molecule has 1 saturated heterocycles. The van der Waals surface area contributed by atoms with Crippen LogP contribution in [0.1, 0.15) is 17.2 Å². The topological polar surface area (TPSA) is 29.5 Å². The highest BCUT2D eigenvalue weighted by Gasteiger charge is 2.31. The van der Waals surface area contributed by atoms with E-state index in [0.717, 1.165) is 11.1 Å². The molecule has 0 spiro atoms. The van der Waals surface area contributed by atoms with E-state index in [1.54, 1.807) is 4.90 Å². The summed E-state index contributed by atoms with van der Waals surface area (Å²) in [6.07, 6.45) is -0.238. The van der Waals surface area contributed by atoms with Gasteiger partial charge >= 0.3 is 6.09 Å². The number of carbonyl (C=O) groups excluding carboxylic acids is 1. The first-order valence-electron chi connectivity index (χ1n) is 6.39. The second-order valence-corrected chi connectivity index (χ2v) is 4.53. The molecule has 1 aliphatic rings. The molecule has 0 aromatic heterocycles. The lowest BCUT2D eigenvalue weighted by Crippen LogP contribution is -2.30. The fraction of sp³-hybridized carbons (Fsp3) is 0.188. The number of hydrogen-bond acceptors (Lipinski definition) is 2.